The molecule has 0 amide bonds. The molecule has 5 aromatic rings. The average Bonchev–Trinajstić information content (AvgIpc) is 3.36. The van der Waals surface area contributed by atoms with Crippen LogP contribution in [0.2, 0.25) is 0 Å². The van der Waals surface area contributed by atoms with Crippen molar-refractivity contribution in [2.45, 2.75) is 40.2 Å². The fraction of sp³-hybridized carbons (Fsp3) is 0.250. The maximum absolute atomic E-state index is 6.16. The van der Waals surface area contributed by atoms with Gasteiger partial charge in [0.1, 0.15) is 18.7 Å². The third kappa shape index (κ3) is 3.42. The van der Waals surface area contributed by atoms with Crippen LogP contribution in [-0.2, 0) is 6.61 Å². The molecule has 0 saturated carbocycles. The van der Waals surface area contributed by atoms with Gasteiger partial charge in [-0.25, -0.2) is 9.67 Å². The molecule has 0 unspecified atom stereocenters. The molecule has 0 bridgehead atoms. The minimum Gasteiger partial charge on any atom is -0.485 e. The van der Waals surface area contributed by atoms with Crippen LogP contribution in [-0.4, -0.2) is 29.4 Å². The molecule has 7 nitrogen and oxygen atoms in total. The third-order valence-electron chi connectivity index (χ3n) is 5.47. The Morgan fingerprint density at radius 2 is 1.71 bits per heavy atom. The molecule has 0 atom stereocenters. The number of hydrogen-bond acceptors (Lipinski definition) is 5. The fourth-order valence-electron chi connectivity index (χ4n) is 3.72. The monoisotopic (exact) mass is 412 g/mol. The lowest BCUT2D eigenvalue weighted by Gasteiger charge is -2.14. The van der Waals surface area contributed by atoms with E-state index in [0.717, 1.165) is 33.7 Å². The Bertz CT molecular complexity index is 1380. The molecule has 0 N–H and O–H groups in total. The van der Waals surface area contributed by atoms with Gasteiger partial charge in [-0.3, -0.25) is 4.40 Å². The standard InChI is InChI=1S/C24H24N6O/c1-15(2)19-10-7-17(4)11-21(19)31-13-22-27-28-24-20-12-26-30(23(20)25-14-29(22)24)18-8-5-16(3)6-9-18/h5-12,14-15H,13H2,1-4H3. The van der Waals surface area contributed by atoms with Gasteiger partial charge in [-0.2, -0.15) is 5.10 Å². The Balaban J connectivity index is 1.49. The van der Waals surface area contributed by atoms with Crippen LogP contribution in [0.15, 0.2) is 55.0 Å². The van der Waals surface area contributed by atoms with Gasteiger partial charge in [0.05, 0.1) is 17.3 Å². The minimum atomic E-state index is 0.309. The van der Waals surface area contributed by atoms with Crippen LogP contribution in [0.3, 0.4) is 0 Å². The first-order valence-electron chi connectivity index (χ1n) is 10.4. The minimum absolute atomic E-state index is 0.309. The molecule has 5 rings (SSSR count). The van der Waals surface area contributed by atoms with Gasteiger partial charge in [0.15, 0.2) is 17.1 Å². The highest BCUT2D eigenvalue weighted by atomic mass is 16.5. The second-order valence-corrected chi connectivity index (χ2v) is 8.17. The van der Waals surface area contributed by atoms with Crippen LogP contribution in [0.1, 0.15) is 42.3 Å². The van der Waals surface area contributed by atoms with E-state index >= 15 is 0 Å². The van der Waals surface area contributed by atoms with Crippen molar-refractivity contribution >= 4 is 16.7 Å². The topological polar surface area (TPSA) is 70.1 Å². The van der Waals surface area contributed by atoms with Gasteiger partial charge < -0.3 is 4.74 Å². The number of aryl methyl sites for hydroxylation is 2. The number of hydrogen-bond donors (Lipinski definition) is 0. The normalized spacial score (nSPS) is 11.6. The van der Waals surface area contributed by atoms with E-state index < -0.39 is 0 Å². The SMILES string of the molecule is Cc1ccc(-n2ncc3c2ncn2c(COc4cc(C)ccc4C(C)C)nnc32)cc1. The van der Waals surface area contributed by atoms with Gasteiger partial charge in [-0.1, -0.05) is 43.7 Å². The van der Waals surface area contributed by atoms with Crippen LogP contribution >= 0.6 is 0 Å². The van der Waals surface area contributed by atoms with E-state index in [0.29, 0.717) is 18.3 Å². The molecule has 0 spiro atoms. The second-order valence-electron chi connectivity index (χ2n) is 8.17. The summed E-state index contributed by atoms with van der Waals surface area (Å²) in [5.41, 5.74) is 5.97. The summed E-state index contributed by atoms with van der Waals surface area (Å²) in [5.74, 6) is 1.95. The molecule has 7 heteroatoms. The van der Waals surface area contributed by atoms with E-state index in [1.165, 1.54) is 11.1 Å². The summed E-state index contributed by atoms with van der Waals surface area (Å²) >= 11 is 0. The molecule has 0 aliphatic carbocycles. The average molecular weight is 412 g/mol. The van der Waals surface area contributed by atoms with Crippen molar-refractivity contribution in [1.82, 2.24) is 29.4 Å². The summed E-state index contributed by atoms with van der Waals surface area (Å²) in [4.78, 5) is 4.64. The van der Waals surface area contributed by atoms with Crippen LogP contribution in [0.25, 0.3) is 22.4 Å². The number of nitrogens with zero attached hydrogens (tertiary/aromatic N) is 6. The van der Waals surface area contributed by atoms with Crippen molar-refractivity contribution in [2.24, 2.45) is 0 Å². The highest BCUT2D eigenvalue weighted by molar-refractivity contribution is 5.89. The molecule has 31 heavy (non-hydrogen) atoms. The summed E-state index contributed by atoms with van der Waals surface area (Å²) < 4.78 is 9.85. The Morgan fingerprint density at radius 3 is 2.48 bits per heavy atom. The maximum atomic E-state index is 6.16. The summed E-state index contributed by atoms with van der Waals surface area (Å²) in [5, 5.41) is 14.1. The number of rotatable bonds is 5. The quantitative estimate of drug-likeness (QED) is 0.415. The molecule has 3 aromatic heterocycles. The van der Waals surface area contributed by atoms with Crippen molar-refractivity contribution in [3.63, 3.8) is 0 Å². The zero-order valence-corrected chi connectivity index (χ0v) is 18.1. The number of ether oxygens (including phenoxy) is 1. The van der Waals surface area contributed by atoms with Gasteiger partial charge in [-0.15, -0.1) is 10.2 Å². The molecule has 0 fully saturated rings. The highest BCUT2D eigenvalue weighted by Crippen LogP contribution is 2.28. The summed E-state index contributed by atoms with van der Waals surface area (Å²) in [6, 6.07) is 14.5. The predicted octanol–water partition coefficient (Wildman–Crippen LogP) is 4.78. The lowest BCUT2D eigenvalue weighted by Crippen LogP contribution is -2.05. The van der Waals surface area contributed by atoms with Crippen LogP contribution in [0, 0.1) is 13.8 Å². The van der Waals surface area contributed by atoms with Crippen molar-refractivity contribution in [3.05, 3.63) is 77.5 Å². The molecule has 0 aliphatic rings. The van der Waals surface area contributed by atoms with Gasteiger partial charge in [-0.05, 0) is 49.1 Å². The van der Waals surface area contributed by atoms with Crippen molar-refractivity contribution in [1.29, 1.82) is 0 Å². The second kappa shape index (κ2) is 7.50. The summed E-state index contributed by atoms with van der Waals surface area (Å²) in [6.45, 7) is 8.76. The smallest absolute Gasteiger partial charge is 0.176 e. The maximum Gasteiger partial charge on any atom is 0.176 e. The fourth-order valence-corrected chi connectivity index (χ4v) is 3.72. The number of fused-ring (bicyclic) bond motifs is 3. The molecule has 156 valence electrons. The number of benzene rings is 2. The summed E-state index contributed by atoms with van der Waals surface area (Å²) in [6.07, 6.45) is 3.52. The highest BCUT2D eigenvalue weighted by Gasteiger charge is 2.16. The molecular weight excluding hydrogens is 388 g/mol. The molecule has 0 aliphatic heterocycles. The molecular formula is C24H24N6O. The molecule has 3 heterocycles. The van der Waals surface area contributed by atoms with E-state index in [4.69, 9.17) is 4.74 Å². The van der Waals surface area contributed by atoms with Gasteiger partial charge in [0, 0.05) is 0 Å². The Kier molecular flexibility index (Phi) is 4.66. The van der Waals surface area contributed by atoms with E-state index in [-0.39, 0.29) is 0 Å². The largest absolute Gasteiger partial charge is 0.485 e. The molecule has 0 radical (unpaired) electrons. The third-order valence-corrected chi connectivity index (χ3v) is 5.47. The van der Waals surface area contributed by atoms with Crippen LogP contribution < -0.4 is 4.74 Å². The zero-order chi connectivity index (χ0) is 21.5. The first-order chi connectivity index (χ1) is 15.0. The van der Waals surface area contributed by atoms with Gasteiger partial charge in [0.2, 0.25) is 0 Å². The molecule has 0 saturated heterocycles. The predicted molar refractivity (Wildman–Crippen MR) is 120 cm³/mol. The lowest BCUT2D eigenvalue weighted by molar-refractivity contribution is 0.290. The van der Waals surface area contributed by atoms with Crippen molar-refractivity contribution < 1.29 is 4.74 Å². The zero-order valence-electron chi connectivity index (χ0n) is 18.1. The van der Waals surface area contributed by atoms with Crippen LogP contribution in [0.4, 0.5) is 0 Å². The summed E-state index contributed by atoms with van der Waals surface area (Å²) in [7, 11) is 0. The Hall–Kier alpha value is -3.74. The first-order valence-corrected chi connectivity index (χ1v) is 10.4. The van der Waals surface area contributed by atoms with Crippen LogP contribution in [0.5, 0.6) is 5.75 Å². The first kappa shape index (κ1) is 19.2. The molecule has 2 aromatic carbocycles. The van der Waals surface area contributed by atoms with E-state index in [9.17, 15) is 0 Å². The Labute approximate surface area is 180 Å². The van der Waals surface area contributed by atoms with Gasteiger partial charge >= 0.3 is 0 Å². The van der Waals surface area contributed by atoms with E-state index in [1.54, 1.807) is 12.5 Å². The Morgan fingerprint density at radius 1 is 0.935 bits per heavy atom. The van der Waals surface area contributed by atoms with E-state index in [1.807, 2.05) is 21.2 Å². The van der Waals surface area contributed by atoms with Crippen molar-refractivity contribution in [2.75, 3.05) is 0 Å². The van der Waals surface area contributed by atoms with E-state index in [2.05, 4.69) is 78.3 Å². The van der Waals surface area contributed by atoms with Crippen molar-refractivity contribution in [3.8, 4) is 11.4 Å². The number of aromatic nitrogens is 6. The lowest BCUT2D eigenvalue weighted by atomic mass is 10.0. The van der Waals surface area contributed by atoms with Gasteiger partial charge in [0.25, 0.3) is 0 Å².